The van der Waals surface area contributed by atoms with E-state index in [9.17, 15) is 19.2 Å². The summed E-state index contributed by atoms with van der Waals surface area (Å²) in [5.41, 5.74) is 1.84. The number of nitrogens with one attached hydrogen (secondary N) is 3. The molecule has 1 saturated heterocycles. The molecular weight excluding hydrogens is 398 g/mol. The lowest BCUT2D eigenvalue weighted by molar-refractivity contribution is -0.124. The van der Waals surface area contributed by atoms with Crippen molar-refractivity contribution in [3.05, 3.63) is 64.2 Å². The molecule has 0 atom stereocenters. The van der Waals surface area contributed by atoms with Gasteiger partial charge in [0.25, 0.3) is 17.7 Å². The van der Waals surface area contributed by atoms with Crippen LogP contribution in [0.3, 0.4) is 0 Å². The molecule has 9 heteroatoms. The molecule has 0 unspecified atom stereocenters. The van der Waals surface area contributed by atoms with E-state index in [1.165, 1.54) is 6.08 Å². The monoisotopic (exact) mass is 413 g/mol. The van der Waals surface area contributed by atoms with Crippen LogP contribution in [0.25, 0.3) is 6.08 Å². The zero-order chi connectivity index (χ0) is 21.0. The molecule has 2 aromatic rings. The van der Waals surface area contributed by atoms with Crippen LogP contribution in [-0.4, -0.2) is 30.4 Å². The fraction of sp³-hybridized carbons (Fsp3) is 0.100. The molecule has 148 valence electrons. The van der Waals surface area contributed by atoms with E-state index in [1.54, 1.807) is 42.5 Å². The first-order chi connectivity index (χ1) is 13.8. The fourth-order valence-electron chi connectivity index (χ4n) is 2.45. The van der Waals surface area contributed by atoms with Gasteiger partial charge in [-0.3, -0.25) is 25.0 Å². The number of imide groups is 2. The highest BCUT2D eigenvalue weighted by atomic mass is 35.5. The standard InChI is InChI=1S/C20H16ClN3O5/c1-11-2-5-13(9-16(11)21)22-17(25)10-29-14-6-3-12(4-7-14)8-15-18(26)23-20(28)24-19(15)27/h2-9H,10H2,1H3,(H,22,25)(H2,23,24,26,27,28). The van der Waals surface area contributed by atoms with Crippen LogP contribution in [0, 0.1) is 6.92 Å². The van der Waals surface area contributed by atoms with E-state index < -0.39 is 17.8 Å². The summed E-state index contributed by atoms with van der Waals surface area (Å²) in [6.45, 7) is 1.65. The van der Waals surface area contributed by atoms with Crippen LogP contribution in [0.15, 0.2) is 48.0 Å². The zero-order valence-electron chi connectivity index (χ0n) is 15.2. The average molecular weight is 414 g/mol. The third kappa shape index (κ3) is 5.20. The summed E-state index contributed by atoms with van der Waals surface area (Å²) in [5, 5.41) is 7.23. The summed E-state index contributed by atoms with van der Waals surface area (Å²) in [6.07, 6.45) is 1.34. The van der Waals surface area contributed by atoms with Crippen LogP contribution in [-0.2, 0) is 14.4 Å². The summed E-state index contributed by atoms with van der Waals surface area (Å²) < 4.78 is 5.43. The molecule has 8 nitrogen and oxygen atoms in total. The van der Waals surface area contributed by atoms with E-state index in [2.05, 4.69) is 5.32 Å². The Labute approximate surface area is 170 Å². The summed E-state index contributed by atoms with van der Waals surface area (Å²) >= 11 is 6.03. The lowest BCUT2D eigenvalue weighted by Crippen LogP contribution is -2.51. The molecule has 0 radical (unpaired) electrons. The minimum absolute atomic E-state index is 0.186. The lowest BCUT2D eigenvalue weighted by atomic mass is 10.1. The molecule has 0 bridgehead atoms. The van der Waals surface area contributed by atoms with Crippen LogP contribution in [0.1, 0.15) is 11.1 Å². The van der Waals surface area contributed by atoms with Crippen LogP contribution in [0.4, 0.5) is 10.5 Å². The first kappa shape index (κ1) is 20.1. The van der Waals surface area contributed by atoms with Crippen molar-refractivity contribution in [2.45, 2.75) is 6.92 Å². The number of carbonyl (C=O) groups is 4. The van der Waals surface area contributed by atoms with Gasteiger partial charge < -0.3 is 10.1 Å². The Bertz CT molecular complexity index is 1010. The minimum Gasteiger partial charge on any atom is -0.484 e. The Morgan fingerprint density at radius 2 is 1.72 bits per heavy atom. The second-order valence-corrected chi connectivity index (χ2v) is 6.57. The number of amides is 5. The fourth-order valence-corrected chi connectivity index (χ4v) is 2.63. The number of hydrogen-bond donors (Lipinski definition) is 3. The number of urea groups is 1. The van der Waals surface area contributed by atoms with Gasteiger partial charge in [0.1, 0.15) is 11.3 Å². The molecule has 1 aliphatic rings. The third-order valence-corrected chi connectivity index (χ3v) is 4.37. The summed E-state index contributed by atoms with van der Waals surface area (Å²) in [6, 6.07) is 10.7. The van der Waals surface area contributed by atoms with Crippen molar-refractivity contribution in [2.24, 2.45) is 0 Å². The highest BCUT2D eigenvalue weighted by molar-refractivity contribution is 6.32. The van der Waals surface area contributed by atoms with Crippen LogP contribution in [0.2, 0.25) is 5.02 Å². The van der Waals surface area contributed by atoms with Gasteiger partial charge in [0.2, 0.25) is 0 Å². The van der Waals surface area contributed by atoms with Gasteiger partial charge in [-0.1, -0.05) is 29.8 Å². The maximum Gasteiger partial charge on any atom is 0.328 e. The summed E-state index contributed by atoms with van der Waals surface area (Å²) in [4.78, 5) is 46.5. The van der Waals surface area contributed by atoms with Crippen molar-refractivity contribution < 1.29 is 23.9 Å². The third-order valence-electron chi connectivity index (χ3n) is 3.96. The Morgan fingerprint density at radius 1 is 1.07 bits per heavy atom. The van der Waals surface area contributed by atoms with Gasteiger partial charge in [-0.05, 0) is 48.4 Å². The highest BCUT2D eigenvalue weighted by Gasteiger charge is 2.27. The number of ether oxygens (including phenoxy) is 1. The molecule has 3 rings (SSSR count). The van der Waals surface area contributed by atoms with Crippen molar-refractivity contribution in [1.82, 2.24) is 10.6 Å². The second kappa shape index (κ2) is 8.57. The molecule has 2 aromatic carbocycles. The number of halogens is 1. The van der Waals surface area contributed by atoms with Crippen LogP contribution in [0.5, 0.6) is 5.75 Å². The number of benzene rings is 2. The number of aryl methyl sites for hydroxylation is 1. The van der Waals surface area contributed by atoms with Crippen molar-refractivity contribution in [2.75, 3.05) is 11.9 Å². The van der Waals surface area contributed by atoms with E-state index >= 15 is 0 Å². The van der Waals surface area contributed by atoms with E-state index in [1.807, 2.05) is 17.6 Å². The van der Waals surface area contributed by atoms with E-state index in [0.717, 1.165) is 5.56 Å². The lowest BCUT2D eigenvalue weighted by Gasteiger charge is -2.14. The SMILES string of the molecule is Cc1ccc(NC(=O)COc2ccc(C=C3C(=O)NC(=O)NC3=O)cc2)cc1Cl. The number of carbonyl (C=O) groups excluding carboxylic acids is 4. The molecule has 0 saturated carbocycles. The molecule has 1 heterocycles. The van der Waals surface area contributed by atoms with Crippen molar-refractivity contribution in [1.29, 1.82) is 0 Å². The molecule has 0 spiro atoms. The van der Waals surface area contributed by atoms with E-state index in [4.69, 9.17) is 16.3 Å². The predicted octanol–water partition coefficient (Wildman–Crippen LogP) is 2.42. The maximum absolute atomic E-state index is 12.0. The van der Waals surface area contributed by atoms with Gasteiger partial charge >= 0.3 is 6.03 Å². The van der Waals surface area contributed by atoms with Gasteiger partial charge in [0, 0.05) is 10.7 Å². The van der Waals surface area contributed by atoms with Gasteiger partial charge in [-0.15, -0.1) is 0 Å². The van der Waals surface area contributed by atoms with Crippen molar-refractivity contribution in [3.8, 4) is 5.75 Å². The number of barbiturate groups is 1. The summed E-state index contributed by atoms with van der Waals surface area (Å²) in [7, 11) is 0. The Balaban J connectivity index is 1.57. The minimum atomic E-state index is -0.855. The van der Waals surface area contributed by atoms with Gasteiger partial charge in [0.05, 0.1) is 0 Å². The van der Waals surface area contributed by atoms with Crippen LogP contribution >= 0.6 is 11.6 Å². The Hall–Kier alpha value is -3.65. The zero-order valence-corrected chi connectivity index (χ0v) is 16.0. The normalized spacial score (nSPS) is 13.4. The highest BCUT2D eigenvalue weighted by Crippen LogP contribution is 2.20. The molecule has 3 N–H and O–H groups in total. The molecule has 1 fully saturated rings. The molecule has 5 amide bonds. The van der Waals surface area contributed by atoms with Gasteiger partial charge in [-0.25, -0.2) is 4.79 Å². The molecular formula is C20H16ClN3O5. The Kier molecular flexibility index (Phi) is 5.94. The van der Waals surface area contributed by atoms with E-state index in [-0.39, 0.29) is 18.1 Å². The van der Waals surface area contributed by atoms with Crippen LogP contribution < -0.4 is 20.7 Å². The second-order valence-electron chi connectivity index (χ2n) is 6.17. The maximum atomic E-state index is 12.0. The quantitative estimate of drug-likeness (QED) is 0.514. The molecule has 0 aromatic heterocycles. The average Bonchev–Trinajstić information content (AvgIpc) is 2.67. The predicted molar refractivity (Wildman–Crippen MR) is 106 cm³/mol. The van der Waals surface area contributed by atoms with Gasteiger partial charge in [0.15, 0.2) is 6.61 Å². The van der Waals surface area contributed by atoms with E-state index in [0.29, 0.717) is 22.0 Å². The van der Waals surface area contributed by atoms with Crippen molar-refractivity contribution >= 4 is 47.1 Å². The molecule has 1 aliphatic heterocycles. The molecule has 29 heavy (non-hydrogen) atoms. The number of hydrogen-bond acceptors (Lipinski definition) is 5. The van der Waals surface area contributed by atoms with Crippen molar-refractivity contribution in [3.63, 3.8) is 0 Å². The first-order valence-electron chi connectivity index (χ1n) is 8.49. The van der Waals surface area contributed by atoms with Gasteiger partial charge in [-0.2, -0.15) is 0 Å². The Morgan fingerprint density at radius 3 is 2.34 bits per heavy atom. The smallest absolute Gasteiger partial charge is 0.328 e. The molecule has 0 aliphatic carbocycles. The number of rotatable bonds is 5. The largest absolute Gasteiger partial charge is 0.484 e. The topological polar surface area (TPSA) is 114 Å². The summed E-state index contributed by atoms with van der Waals surface area (Å²) in [5.74, 6) is -1.47. The number of anilines is 1. The first-order valence-corrected chi connectivity index (χ1v) is 8.87.